The lowest BCUT2D eigenvalue weighted by Gasteiger charge is -2.43. The summed E-state index contributed by atoms with van der Waals surface area (Å²) in [5.74, 6) is 0.846. The van der Waals surface area contributed by atoms with Crippen LogP contribution in [0, 0.1) is 18.3 Å². The van der Waals surface area contributed by atoms with Gasteiger partial charge in [0.05, 0.1) is 0 Å². The first-order valence-electron chi connectivity index (χ1n) is 7.22. The molecule has 0 aromatic carbocycles. The second-order valence-corrected chi connectivity index (χ2v) is 7.83. The Hall–Kier alpha value is -0.340. The molecule has 0 amide bonds. The van der Waals surface area contributed by atoms with Crippen LogP contribution < -0.4 is 5.73 Å². The molecule has 1 aliphatic rings. The van der Waals surface area contributed by atoms with Crippen LogP contribution in [0.3, 0.4) is 0 Å². The number of aryl methyl sites for hydroxylation is 1. The Morgan fingerprint density at radius 2 is 2.00 bits per heavy atom. The van der Waals surface area contributed by atoms with Crippen LogP contribution in [0.25, 0.3) is 0 Å². The highest BCUT2D eigenvalue weighted by Crippen LogP contribution is 2.46. The fourth-order valence-electron chi connectivity index (χ4n) is 3.20. The summed E-state index contributed by atoms with van der Waals surface area (Å²) in [5, 5.41) is 2.26. The molecule has 0 aliphatic heterocycles. The summed E-state index contributed by atoms with van der Waals surface area (Å²) in [4.78, 5) is 1.38. The quantitative estimate of drug-likeness (QED) is 0.831. The van der Waals surface area contributed by atoms with Gasteiger partial charge >= 0.3 is 0 Å². The first-order chi connectivity index (χ1) is 8.37. The van der Waals surface area contributed by atoms with Gasteiger partial charge in [-0.1, -0.05) is 27.2 Å². The number of nitrogens with two attached hydrogens (primary N) is 1. The van der Waals surface area contributed by atoms with E-state index in [0.29, 0.717) is 5.41 Å². The Bertz CT molecular complexity index is 397. The molecular weight excluding hydrogens is 238 g/mol. The Balaban J connectivity index is 2.06. The molecule has 1 aromatic rings. The molecule has 0 radical (unpaired) electrons. The van der Waals surface area contributed by atoms with E-state index < -0.39 is 0 Å². The van der Waals surface area contributed by atoms with Crippen molar-refractivity contribution in [1.29, 1.82) is 0 Å². The van der Waals surface area contributed by atoms with Crippen molar-refractivity contribution in [3.05, 3.63) is 21.9 Å². The summed E-state index contributed by atoms with van der Waals surface area (Å²) in [5.41, 5.74) is 8.45. The SMILES string of the molecule is CCC(C)(C)C1CCC(N)(c2csc(C)c2)CC1. The summed E-state index contributed by atoms with van der Waals surface area (Å²) >= 11 is 1.83. The fourth-order valence-corrected chi connectivity index (χ4v) is 4.01. The number of rotatable bonds is 3. The monoisotopic (exact) mass is 265 g/mol. The molecule has 2 N–H and O–H groups in total. The van der Waals surface area contributed by atoms with Crippen molar-refractivity contribution in [2.75, 3.05) is 0 Å². The Morgan fingerprint density at radius 3 is 2.44 bits per heavy atom. The molecule has 1 heterocycles. The first-order valence-corrected chi connectivity index (χ1v) is 8.10. The molecule has 0 saturated heterocycles. The van der Waals surface area contributed by atoms with E-state index in [0.717, 1.165) is 18.8 Å². The summed E-state index contributed by atoms with van der Waals surface area (Å²) < 4.78 is 0. The minimum absolute atomic E-state index is 0.0505. The van der Waals surface area contributed by atoms with Crippen molar-refractivity contribution in [1.82, 2.24) is 0 Å². The lowest BCUT2D eigenvalue weighted by Crippen LogP contribution is -2.42. The van der Waals surface area contributed by atoms with Crippen LogP contribution >= 0.6 is 11.3 Å². The predicted molar refractivity (Wildman–Crippen MR) is 81.0 cm³/mol. The van der Waals surface area contributed by atoms with Crippen molar-refractivity contribution < 1.29 is 0 Å². The highest BCUT2D eigenvalue weighted by molar-refractivity contribution is 7.10. The van der Waals surface area contributed by atoms with Gasteiger partial charge in [0.1, 0.15) is 0 Å². The van der Waals surface area contributed by atoms with E-state index >= 15 is 0 Å². The highest BCUT2D eigenvalue weighted by Gasteiger charge is 2.38. The molecule has 0 bridgehead atoms. The van der Waals surface area contributed by atoms with Crippen LogP contribution in [-0.4, -0.2) is 0 Å². The normalized spacial score (nSPS) is 29.5. The zero-order valence-corrected chi connectivity index (χ0v) is 13.1. The van der Waals surface area contributed by atoms with Gasteiger partial charge in [-0.15, -0.1) is 11.3 Å². The molecule has 0 atom stereocenters. The van der Waals surface area contributed by atoms with Gasteiger partial charge in [-0.2, -0.15) is 0 Å². The predicted octanol–water partition coefficient (Wildman–Crippen LogP) is 4.84. The average molecular weight is 265 g/mol. The molecular formula is C16H27NS. The smallest absolute Gasteiger partial charge is 0.0418 e. The third-order valence-corrected chi connectivity index (χ3v) is 6.06. The van der Waals surface area contributed by atoms with Gasteiger partial charge in [0, 0.05) is 10.4 Å². The van der Waals surface area contributed by atoms with E-state index in [1.807, 2.05) is 11.3 Å². The highest BCUT2D eigenvalue weighted by atomic mass is 32.1. The van der Waals surface area contributed by atoms with Crippen LogP contribution in [0.4, 0.5) is 0 Å². The molecule has 2 rings (SSSR count). The third kappa shape index (κ3) is 2.65. The number of hydrogen-bond acceptors (Lipinski definition) is 2. The lowest BCUT2D eigenvalue weighted by molar-refractivity contribution is 0.115. The zero-order chi connectivity index (χ0) is 13.4. The molecule has 2 heteroatoms. The van der Waals surface area contributed by atoms with Gasteiger partial charge in [0.2, 0.25) is 0 Å². The largest absolute Gasteiger partial charge is 0.321 e. The minimum Gasteiger partial charge on any atom is -0.321 e. The van der Waals surface area contributed by atoms with Crippen LogP contribution in [0.15, 0.2) is 11.4 Å². The lowest BCUT2D eigenvalue weighted by atomic mass is 9.64. The molecule has 1 nitrogen and oxygen atoms in total. The Labute approximate surface area is 116 Å². The second-order valence-electron chi connectivity index (χ2n) is 6.72. The maximum absolute atomic E-state index is 6.65. The van der Waals surface area contributed by atoms with Gasteiger partial charge in [0.15, 0.2) is 0 Å². The molecule has 1 aromatic heterocycles. The van der Waals surface area contributed by atoms with E-state index in [1.54, 1.807) is 0 Å². The summed E-state index contributed by atoms with van der Waals surface area (Å²) in [6, 6.07) is 2.29. The summed E-state index contributed by atoms with van der Waals surface area (Å²) in [7, 11) is 0. The van der Waals surface area contributed by atoms with Gasteiger partial charge in [-0.25, -0.2) is 0 Å². The molecule has 1 aliphatic carbocycles. The number of thiophene rings is 1. The molecule has 0 spiro atoms. The van der Waals surface area contributed by atoms with E-state index in [4.69, 9.17) is 5.73 Å². The van der Waals surface area contributed by atoms with Crippen LogP contribution in [0.2, 0.25) is 0 Å². The molecule has 1 fully saturated rings. The summed E-state index contributed by atoms with van der Waals surface area (Å²) in [6.07, 6.45) is 6.14. The molecule has 0 unspecified atom stereocenters. The minimum atomic E-state index is -0.0505. The van der Waals surface area contributed by atoms with Gasteiger partial charge in [0.25, 0.3) is 0 Å². The topological polar surface area (TPSA) is 26.0 Å². The molecule has 1 saturated carbocycles. The van der Waals surface area contributed by atoms with Crippen molar-refractivity contribution in [3.8, 4) is 0 Å². The van der Waals surface area contributed by atoms with Crippen molar-refractivity contribution in [2.24, 2.45) is 17.1 Å². The number of hydrogen-bond donors (Lipinski definition) is 1. The van der Waals surface area contributed by atoms with Crippen LogP contribution in [0.5, 0.6) is 0 Å². The maximum atomic E-state index is 6.65. The van der Waals surface area contributed by atoms with E-state index in [9.17, 15) is 0 Å². The van der Waals surface area contributed by atoms with Gasteiger partial charge < -0.3 is 5.73 Å². The van der Waals surface area contributed by atoms with Crippen LogP contribution in [0.1, 0.15) is 63.3 Å². The van der Waals surface area contributed by atoms with Crippen LogP contribution in [-0.2, 0) is 5.54 Å². The molecule has 102 valence electrons. The standard InChI is InChI=1S/C16H27NS/c1-5-15(3,4)13-6-8-16(17,9-7-13)14-10-12(2)18-11-14/h10-11,13H,5-9,17H2,1-4H3. The van der Waals surface area contributed by atoms with Crippen molar-refractivity contribution >= 4 is 11.3 Å². The van der Waals surface area contributed by atoms with Gasteiger partial charge in [-0.3, -0.25) is 0 Å². The van der Waals surface area contributed by atoms with E-state index in [1.165, 1.54) is 29.7 Å². The van der Waals surface area contributed by atoms with Gasteiger partial charge in [-0.05, 0) is 60.9 Å². The summed E-state index contributed by atoms with van der Waals surface area (Å²) in [6.45, 7) is 9.31. The maximum Gasteiger partial charge on any atom is 0.0418 e. The van der Waals surface area contributed by atoms with Crippen molar-refractivity contribution in [3.63, 3.8) is 0 Å². The Morgan fingerprint density at radius 1 is 1.39 bits per heavy atom. The Kier molecular flexibility index (Phi) is 3.89. The average Bonchev–Trinajstić information content (AvgIpc) is 2.77. The first kappa shape index (κ1) is 14.1. The van der Waals surface area contributed by atoms with Crippen molar-refractivity contribution in [2.45, 2.75) is 65.3 Å². The second kappa shape index (κ2) is 4.97. The molecule has 18 heavy (non-hydrogen) atoms. The fraction of sp³-hybridized carbons (Fsp3) is 0.750. The zero-order valence-electron chi connectivity index (χ0n) is 12.3. The van der Waals surface area contributed by atoms with E-state index in [-0.39, 0.29) is 5.54 Å². The van der Waals surface area contributed by atoms with E-state index in [2.05, 4.69) is 39.1 Å². The third-order valence-electron chi connectivity index (χ3n) is 5.20.